The molecule has 3 N–H and O–H groups in total. The van der Waals surface area contributed by atoms with Crippen molar-refractivity contribution in [3.63, 3.8) is 0 Å². The lowest BCUT2D eigenvalue weighted by atomic mass is 10.0. The van der Waals surface area contributed by atoms with Crippen LogP contribution in [0.15, 0.2) is 24.3 Å². The molecule has 0 bridgehead atoms. The maximum absolute atomic E-state index is 12.5. The fourth-order valence-electron chi connectivity index (χ4n) is 2.78. The zero-order valence-corrected chi connectivity index (χ0v) is 16.8. The number of nitrogens with one attached hydrogen (secondary N) is 3. The zero-order chi connectivity index (χ0) is 18.2. The van der Waals surface area contributed by atoms with Gasteiger partial charge in [-0.1, -0.05) is 37.6 Å². The Morgan fingerprint density at radius 1 is 1.23 bits per heavy atom. The summed E-state index contributed by atoms with van der Waals surface area (Å²) in [7, 11) is 0. The summed E-state index contributed by atoms with van der Waals surface area (Å²) < 4.78 is 0. The molecule has 2 amide bonds. The van der Waals surface area contributed by atoms with E-state index < -0.39 is 6.04 Å². The molecule has 1 aromatic rings. The Kier molecular flexibility index (Phi) is 9.94. The minimum atomic E-state index is -0.591. The van der Waals surface area contributed by atoms with Gasteiger partial charge in [-0.2, -0.15) is 0 Å². The van der Waals surface area contributed by atoms with E-state index in [4.69, 9.17) is 11.6 Å². The van der Waals surface area contributed by atoms with Crippen LogP contribution in [0.4, 0.5) is 0 Å². The summed E-state index contributed by atoms with van der Waals surface area (Å²) in [5.74, 6) is -0.516. The Labute approximate surface area is 166 Å². The largest absolute Gasteiger partial charge is 0.353 e. The van der Waals surface area contributed by atoms with Gasteiger partial charge in [0.15, 0.2) is 0 Å². The summed E-state index contributed by atoms with van der Waals surface area (Å²) in [5.41, 5.74) is 0.378. The molecule has 1 unspecified atom stereocenters. The molecule has 26 heavy (non-hydrogen) atoms. The van der Waals surface area contributed by atoms with E-state index in [0.717, 1.165) is 32.7 Å². The van der Waals surface area contributed by atoms with Crippen LogP contribution in [0.2, 0.25) is 5.02 Å². The second-order valence-electron chi connectivity index (χ2n) is 6.56. The van der Waals surface area contributed by atoms with E-state index in [2.05, 4.69) is 20.9 Å². The number of hydrogen-bond acceptors (Lipinski definition) is 4. The van der Waals surface area contributed by atoms with Gasteiger partial charge >= 0.3 is 0 Å². The van der Waals surface area contributed by atoms with Crippen molar-refractivity contribution >= 4 is 35.8 Å². The van der Waals surface area contributed by atoms with Crippen LogP contribution >= 0.6 is 24.0 Å². The summed E-state index contributed by atoms with van der Waals surface area (Å²) in [6.07, 6.45) is 0. The van der Waals surface area contributed by atoms with Crippen molar-refractivity contribution < 1.29 is 9.59 Å². The zero-order valence-electron chi connectivity index (χ0n) is 15.3. The van der Waals surface area contributed by atoms with Crippen molar-refractivity contribution in [1.82, 2.24) is 20.9 Å². The van der Waals surface area contributed by atoms with Gasteiger partial charge in [-0.05, 0) is 18.1 Å². The first-order valence-corrected chi connectivity index (χ1v) is 9.13. The topological polar surface area (TPSA) is 73.5 Å². The Balaban J connectivity index is 0.00000338. The van der Waals surface area contributed by atoms with Gasteiger partial charge in [0.1, 0.15) is 6.04 Å². The first kappa shape index (κ1) is 22.7. The van der Waals surface area contributed by atoms with E-state index in [-0.39, 0.29) is 30.1 Å². The van der Waals surface area contributed by atoms with Crippen LogP contribution in [0.25, 0.3) is 0 Å². The second kappa shape index (κ2) is 11.4. The molecule has 0 saturated carbocycles. The summed E-state index contributed by atoms with van der Waals surface area (Å²) in [5, 5.41) is 9.41. The molecule has 0 spiro atoms. The monoisotopic (exact) mass is 402 g/mol. The molecule has 1 heterocycles. The van der Waals surface area contributed by atoms with E-state index in [1.165, 1.54) is 0 Å². The fraction of sp³-hybridized carbons (Fsp3) is 0.556. The van der Waals surface area contributed by atoms with Gasteiger partial charge in [-0.15, -0.1) is 12.4 Å². The van der Waals surface area contributed by atoms with Crippen LogP contribution in [0, 0.1) is 5.92 Å². The molecule has 1 saturated heterocycles. The number of piperazine rings is 1. The van der Waals surface area contributed by atoms with E-state index in [9.17, 15) is 9.59 Å². The normalized spacial score (nSPS) is 15.8. The van der Waals surface area contributed by atoms with Crippen molar-refractivity contribution in [1.29, 1.82) is 0 Å². The van der Waals surface area contributed by atoms with E-state index in [0.29, 0.717) is 17.1 Å². The number of rotatable bonds is 7. The maximum Gasteiger partial charge on any atom is 0.253 e. The number of nitrogens with zero attached hydrogens (tertiary/aromatic N) is 1. The van der Waals surface area contributed by atoms with Crippen LogP contribution in [0.3, 0.4) is 0 Å². The van der Waals surface area contributed by atoms with Crippen LogP contribution in [-0.4, -0.2) is 62.0 Å². The molecule has 8 heteroatoms. The quantitative estimate of drug-likeness (QED) is 0.646. The van der Waals surface area contributed by atoms with Crippen LogP contribution in [0.1, 0.15) is 24.2 Å². The van der Waals surface area contributed by atoms with Crippen molar-refractivity contribution in [3.05, 3.63) is 34.9 Å². The van der Waals surface area contributed by atoms with E-state index in [1.807, 2.05) is 13.8 Å². The lowest BCUT2D eigenvalue weighted by Gasteiger charge is -2.28. The lowest BCUT2D eigenvalue weighted by Crippen LogP contribution is -2.52. The van der Waals surface area contributed by atoms with E-state index in [1.54, 1.807) is 24.3 Å². The number of benzene rings is 1. The highest BCUT2D eigenvalue weighted by Crippen LogP contribution is 2.15. The minimum Gasteiger partial charge on any atom is -0.353 e. The SMILES string of the molecule is CC(C)C(NC(=O)c1ccccc1Cl)C(=O)NCCN1CCNCC1.Cl. The third-order valence-corrected chi connectivity index (χ3v) is 4.62. The highest BCUT2D eigenvalue weighted by atomic mass is 35.5. The van der Waals surface area contributed by atoms with Gasteiger partial charge in [0, 0.05) is 39.3 Å². The lowest BCUT2D eigenvalue weighted by molar-refractivity contribution is -0.124. The molecule has 146 valence electrons. The third kappa shape index (κ3) is 6.76. The van der Waals surface area contributed by atoms with Crippen LogP contribution in [-0.2, 0) is 4.79 Å². The molecule has 1 aliphatic heterocycles. The number of halogens is 2. The Morgan fingerprint density at radius 2 is 1.88 bits per heavy atom. The number of hydrogen-bond donors (Lipinski definition) is 3. The van der Waals surface area contributed by atoms with E-state index >= 15 is 0 Å². The molecule has 1 aromatic carbocycles. The Hall–Kier alpha value is -1.34. The standard InChI is InChI=1S/C18H27ClN4O2.ClH/c1-13(2)16(22-17(24)14-5-3-4-6-15(14)19)18(25)21-9-12-23-10-7-20-8-11-23;/h3-6,13,16,20H,7-12H2,1-2H3,(H,21,25)(H,22,24);1H. The number of amides is 2. The number of carbonyl (C=O) groups excluding carboxylic acids is 2. The molecule has 2 rings (SSSR count). The van der Waals surface area contributed by atoms with Crippen molar-refractivity contribution in [2.75, 3.05) is 39.3 Å². The predicted octanol–water partition coefficient (Wildman–Crippen LogP) is 1.54. The molecular formula is C18H28Cl2N4O2. The van der Waals surface area contributed by atoms with Gasteiger partial charge in [-0.25, -0.2) is 0 Å². The number of carbonyl (C=O) groups is 2. The molecule has 1 atom stereocenters. The third-order valence-electron chi connectivity index (χ3n) is 4.29. The van der Waals surface area contributed by atoms with Crippen LogP contribution < -0.4 is 16.0 Å². The first-order valence-electron chi connectivity index (χ1n) is 8.75. The Bertz CT molecular complexity index is 592. The van der Waals surface area contributed by atoms with Gasteiger partial charge in [0.2, 0.25) is 5.91 Å². The summed E-state index contributed by atoms with van der Waals surface area (Å²) in [6, 6.07) is 6.23. The smallest absolute Gasteiger partial charge is 0.253 e. The van der Waals surface area contributed by atoms with Crippen molar-refractivity contribution in [2.45, 2.75) is 19.9 Å². The average Bonchev–Trinajstić information content (AvgIpc) is 2.60. The maximum atomic E-state index is 12.5. The van der Waals surface area contributed by atoms with Gasteiger partial charge in [0.25, 0.3) is 5.91 Å². The molecule has 1 fully saturated rings. The molecule has 6 nitrogen and oxygen atoms in total. The molecule has 0 aromatic heterocycles. The van der Waals surface area contributed by atoms with Crippen LogP contribution in [0.5, 0.6) is 0 Å². The molecule has 0 aliphatic carbocycles. The second-order valence-corrected chi connectivity index (χ2v) is 6.96. The van der Waals surface area contributed by atoms with Gasteiger partial charge in [0.05, 0.1) is 10.6 Å². The summed E-state index contributed by atoms with van der Waals surface area (Å²) >= 11 is 6.06. The van der Waals surface area contributed by atoms with Gasteiger partial charge in [-0.3, -0.25) is 14.5 Å². The molecule has 0 radical (unpaired) electrons. The highest BCUT2D eigenvalue weighted by Gasteiger charge is 2.25. The average molecular weight is 403 g/mol. The predicted molar refractivity (Wildman–Crippen MR) is 107 cm³/mol. The van der Waals surface area contributed by atoms with Crippen molar-refractivity contribution in [2.24, 2.45) is 5.92 Å². The Morgan fingerprint density at radius 3 is 2.50 bits per heavy atom. The first-order chi connectivity index (χ1) is 12.0. The highest BCUT2D eigenvalue weighted by molar-refractivity contribution is 6.33. The fourth-order valence-corrected chi connectivity index (χ4v) is 3.00. The minimum absolute atomic E-state index is 0. The molecule has 1 aliphatic rings. The molecular weight excluding hydrogens is 375 g/mol. The summed E-state index contributed by atoms with van der Waals surface area (Å²) in [4.78, 5) is 27.2. The summed E-state index contributed by atoms with van der Waals surface area (Å²) in [6.45, 7) is 9.16. The van der Waals surface area contributed by atoms with Crippen molar-refractivity contribution in [3.8, 4) is 0 Å². The van der Waals surface area contributed by atoms with Gasteiger partial charge < -0.3 is 16.0 Å².